The van der Waals surface area contributed by atoms with Crippen LogP contribution in [0.5, 0.6) is 5.75 Å². The molecule has 0 spiro atoms. The van der Waals surface area contributed by atoms with E-state index in [4.69, 9.17) is 18.9 Å². The molecule has 0 radical (unpaired) electrons. The maximum atomic E-state index is 13.4. The third kappa shape index (κ3) is 5.69. The van der Waals surface area contributed by atoms with Crippen LogP contribution in [0.4, 0.5) is 0 Å². The highest BCUT2D eigenvalue weighted by molar-refractivity contribution is 5.97. The Labute approximate surface area is 201 Å². The summed E-state index contributed by atoms with van der Waals surface area (Å²) in [5.41, 5.74) is 0.552. The van der Waals surface area contributed by atoms with Crippen molar-refractivity contribution in [3.8, 4) is 11.8 Å². The Kier molecular flexibility index (Phi) is 8.89. The fraction of sp³-hybridized carbons (Fsp3) is 0.640. The minimum atomic E-state index is -0.488. The summed E-state index contributed by atoms with van der Waals surface area (Å²) < 4.78 is 23.6. The molecule has 9 nitrogen and oxygen atoms in total. The van der Waals surface area contributed by atoms with Crippen LogP contribution in [0.2, 0.25) is 0 Å². The molecule has 0 saturated carbocycles. The van der Waals surface area contributed by atoms with E-state index in [0.29, 0.717) is 13.0 Å². The minimum absolute atomic E-state index is 0.0441. The van der Waals surface area contributed by atoms with Gasteiger partial charge in [0.2, 0.25) is 5.91 Å². The Morgan fingerprint density at radius 2 is 1.79 bits per heavy atom. The second-order valence-corrected chi connectivity index (χ2v) is 9.05. The highest BCUT2D eigenvalue weighted by Gasteiger charge is 2.34. The van der Waals surface area contributed by atoms with Crippen molar-refractivity contribution in [2.24, 2.45) is 5.92 Å². The Bertz CT molecular complexity index is 916. The van der Waals surface area contributed by atoms with Crippen molar-refractivity contribution in [1.82, 2.24) is 9.80 Å². The second-order valence-electron chi connectivity index (χ2n) is 9.05. The molecule has 2 bridgehead atoms. The summed E-state index contributed by atoms with van der Waals surface area (Å²) >= 11 is 0. The smallest absolute Gasteiger partial charge is 0.257 e. The summed E-state index contributed by atoms with van der Waals surface area (Å²) in [6.45, 7) is 2.72. The topological polar surface area (TPSA) is 101 Å². The van der Waals surface area contributed by atoms with Crippen molar-refractivity contribution in [3.05, 3.63) is 29.3 Å². The number of nitriles is 1. The summed E-state index contributed by atoms with van der Waals surface area (Å²) in [5.74, 6) is -0.582. The number of likely N-dealkylation sites (N-methyl/N-ethyl adjacent to an activating group) is 1. The molecule has 5 atom stereocenters. The van der Waals surface area contributed by atoms with Gasteiger partial charge in [-0.1, -0.05) is 13.0 Å². The molecule has 0 aliphatic carbocycles. The molecule has 1 aromatic carbocycles. The molecule has 0 aromatic heterocycles. The first-order valence-corrected chi connectivity index (χ1v) is 11.7. The van der Waals surface area contributed by atoms with E-state index in [1.807, 2.05) is 6.92 Å². The highest BCUT2D eigenvalue weighted by Crippen LogP contribution is 2.29. The number of carbonyl (C=O) groups excluding carboxylic acids is 2. The predicted octanol–water partition coefficient (Wildman–Crippen LogP) is 2.08. The molecule has 0 unspecified atom stereocenters. The number of carbonyl (C=O) groups is 2. The van der Waals surface area contributed by atoms with Gasteiger partial charge < -0.3 is 28.7 Å². The van der Waals surface area contributed by atoms with Gasteiger partial charge in [0.05, 0.1) is 35.4 Å². The number of ether oxygens (including phenoxy) is 4. The third-order valence-corrected chi connectivity index (χ3v) is 6.83. The molecule has 2 amide bonds. The van der Waals surface area contributed by atoms with Gasteiger partial charge in [-0.2, -0.15) is 5.26 Å². The van der Waals surface area contributed by atoms with E-state index in [-0.39, 0.29) is 60.2 Å². The second kappa shape index (κ2) is 11.6. The van der Waals surface area contributed by atoms with E-state index in [9.17, 15) is 14.9 Å². The lowest BCUT2D eigenvalue weighted by Crippen LogP contribution is -2.47. The van der Waals surface area contributed by atoms with Crippen LogP contribution in [0.3, 0.4) is 0 Å². The van der Waals surface area contributed by atoms with Crippen LogP contribution < -0.4 is 4.74 Å². The van der Waals surface area contributed by atoms with Crippen molar-refractivity contribution in [2.45, 2.75) is 50.6 Å². The molecule has 0 N–H and O–H groups in total. The van der Waals surface area contributed by atoms with Crippen LogP contribution in [0.25, 0.3) is 0 Å². The lowest BCUT2D eigenvalue weighted by molar-refractivity contribution is -0.147. The number of methoxy groups -OCH3 is 2. The maximum absolute atomic E-state index is 13.4. The van der Waals surface area contributed by atoms with Crippen LogP contribution in [-0.2, 0) is 19.0 Å². The van der Waals surface area contributed by atoms with Crippen LogP contribution in [-0.4, -0.2) is 94.0 Å². The van der Waals surface area contributed by atoms with Gasteiger partial charge in [0.15, 0.2) is 0 Å². The van der Waals surface area contributed by atoms with E-state index in [1.54, 1.807) is 44.3 Å². The number of benzene rings is 1. The number of nitrogens with zero attached hydrogens (tertiary/aromatic N) is 3. The number of hydrogen-bond acceptors (Lipinski definition) is 7. The number of fused-ring (bicyclic) bond motifs is 3. The summed E-state index contributed by atoms with van der Waals surface area (Å²) in [6, 6.07) is 7.04. The fourth-order valence-electron chi connectivity index (χ4n) is 4.63. The van der Waals surface area contributed by atoms with Crippen molar-refractivity contribution in [1.29, 1.82) is 5.26 Å². The van der Waals surface area contributed by atoms with Crippen molar-refractivity contribution >= 4 is 11.8 Å². The quantitative estimate of drug-likeness (QED) is 0.648. The average molecular weight is 474 g/mol. The average Bonchev–Trinajstić information content (AvgIpc) is 2.86. The zero-order chi connectivity index (χ0) is 24.8. The van der Waals surface area contributed by atoms with Crippen LogP contribution in [0.15, 0.2) is 18.2 Å². The fourth-order valence-corrected chi connectivity index (χ4v) is 4.63. The molecule has 186 valence electrons. The minimum Gasteiger partial charge on any atom is -0.489 e. The molecule has 1 fully saturated rings. The number of hydrogen-bond donors (Lipinski definition) is 0. The maximum Gasteiger partial charge on any atom is 0.257 e. The van der Waals surface area contributed by atoms with Crippen LogP contribution >= 0.6 is 0 Å². The normalized spacial score (nSPS) is 29.2. The van der Waals surface area contributed by atoms with Gasteiger partial charge >= 0.3 is 0 Å². The number of amides is 2. The SMILES string of the molecule is CO[C@@H]1CC[C@@H]2CCN(C)C(=O)[C@H](C)[C@H](OC)CN(C)C(=O)c3cccc(C#N)c3OC[C@@H]1O2. The molecule has 2 heterocycles. The largest absolute Gasteiger partial charge is 0.489 e. The molecule has 2 aliphatic rings. The zero-order valence-corrected chi connectivity index (χ0v) is 20.7. The van der Waals surface area contributed by atoms with E-state index in [2.05, 4.69) is 6.07 Å². The third-order valence-electron chi connectivity index (χ3n) is 6.83. The molecule has 2 aliphatic heterocycles. The van der Waals surface area contributed by atoms with Gasteiger partial charge in [-0.25, -0.2) is 0 Å². The molecule has 1 aromatic rings. The highest BCUT2D eigenvalue weighted by atomic mass is 16.6. The molecular weight excluding hydrogens is 438 g/mol. The lowest BCUT2D eigenvalue weighted by Gasteiger charge is -2.37. The van der Waals surface area contributed by atoms with Crippen LogP contribution in [0, 0.1) is 17.2 Å². The van der Waals surface area contributed by atoms with E-state index >= 15 is 0 Å². The molecule has 34 heavy (non-hydrogen) atoms. The standard InChI is InChI=1S/C25H35N3O6/c1-16-21(32-5)14-28(3)25(30)19-8-6-7-17(13-26)23(19)33-15-22-20(31-4)10-9-18(34-22)11-12-27(2)24(16)29/h6-8,16,18,20-22H,9-12,14-15H2,1-5H3/t16-,18-,20-,21-,22+/m1/s1. The summed E-state index contributed by atoms with van der Waals surface area (Å²) in [5, 5.41) is 9.66. The number of para-hydroxylation sites is 1. The summed E-state index contributed by atoms with van der Waals surface area (Å²) in [4.78, 5) is 29.7. The van der Waals surface area contributed by atoms with E-state index < -0.39 is 12.0 Å². The molecular formula is C25H35N3O6. The Hall–Kier alpha value is -2.67. The number of rotatable bonds is 2. The first-order valence-electron chi connectivity index (χ1n) is 11.7. The van der Waals surface area contributed by atoms with Gasteiger partial charge in [0.1, 0.15) is 24.5 Å². The first kappa shape index (κ1) is 25.9. The van der Waals surface area contributed by atoms with Crippen molar-refractivity contribution < 1.29 is 28.5 Å². The molecule has 1 saturated heterocycles. The van der Waals surface area contributed by atoms with Gasteiger partial charge in [-0.3, -0.25) is 9.59 Å². The van der Waals surface area contributed by atoms with Crippen molar-refractivity contribution in [2.75, 3.05) is 48.0 Å². The Balaban J connectivity index is 1.98. The predicted molar refractivity (Wildman–Crippen MR) is 125 cm³/mol. The van der Waals surface area contributed by atoms with Crippen LogP contribution in [0.1, 0.15) is 42.1 Å². The van der Waals surface area contributed by atoms with Gasteiger partial charge in [-0.05, 0) is 31.4 Å². The van der Waals surface area contributed by atoms with Gasteiger partial charge in [0.25, 0.3) is 5.91 Å². The van der Waals surface area contributed by atoms with E-state index in [1.165, 1.54) is 12.0 Å². The summed E-state index contributed by atoms with van der Waals surface area (Å²) in [7, 11) is 6.61. The zero-order valence-electron chi connectivity index (χ0n) is 20.7. The Morgan fingerprint density at radius 3 is 2.47 bits per heavy atom. The van der Waals surface area contributed by atoms with Gasteiger partial charge in [0, 0.05) is 41.4 Å². The molecule has 9 heteroatoms. The Morgan fingerprint density at radius 1 is 1.06 bits per heavy atom. The van der Waals surface area contributed by atoms with Gasteiger partial charge in [-0.15, -0.1) is 0 Å². The summed E-state index contributed by atoms with van der Waals surface area (Å²) in [6.07, 6.45) is 1.25. The van der Waals surface area contributed by atoms with Crippen molar-refractivity contribution in [3.63, 3.8) is 0 Å². The monoisotopic (exact) mass is 473 g/mol. The lowest BCUT2D eigenvalue weighted by atomic mass is 9.98. The van der Waals surface area contributed by atoms with E-state index in [0.717, 1.165) is 12.8 Å². The first-order chi connectivity index (χ1) is 16.3. The molecule has 3 rings (SSSR count).